The number of aliphatic carboxylic acids is 2. The molecule has 0 bridgehead atoms. The molecule has 0 saturated heterocycles. The molecule has 1 aromatic carbocycles. The van der Waals surface area contributed by atoms with Crippen LogP contribution >= 0.6 is 0 Å². The molecule has 5 N–H and O–H groups in total. The van der Waals surface area contributed by atoms with Gasteiger partial charge in [-0.15, -0.1) is 0 Å². The third-order valence-corrected chi connectivity index (χ3v) is 2.18. The van der Waals surface area contributed by atoms with Crippen molar-refractivity contribution in [2.24, 2.45) is 0 Å². The van der Waals surface area contributed by atoms with E-state index in [1.54, 1.807) is 0 Å². The SMILES string of the molecule is CC(C(=O)O)c1ccc(O)cc1O.O=C(O)CCO. The summed E-state index contributed by atoms with van der Waals surface area (Å²) in [5.74, 6) is -3.03. The van der Waals surface area contributed by atoms with Crippen molar-refractivity contribution in [3.63, 3.8) is 0 Å². The highest BCUT2D eigenvalue weighted by atomic mass is 16.4. The van der Waals surface area contributed by atoms with E-state index in [4.69, 9.17) is 20.4 Å². The number of benzene rings is 1. The lowest BCUT2D eigenvalue weighted by molar-refractivity contribution is -0.139. The molecule has 0 saturated carbocycles. The molecule has 1 aromatic rings. The lowest BCUT2D eigenvalue weighted by Gasteiger charge is -2.08. The fourth-order valence-electron chi connectivity index (χ4n) is 1.13. The number of hydrogen-bond donors (Lipinski definition) is 5. The molecule has 7 nitrogen and oxygen atoms in total. The third kappa shape index (κ3) is 6.27. The van der Waals surface area contributed by atoms with E-state index in [9.17, 15) is 14.7 Å². The molecule has 106 valence electrons. The average Bonchev–Trinajstić information content (AvgIpc) is 2.28. The first-order chi connectivity index (χ1) is 8.79. The van der Waals surface area contributed by atoms with Crippen LogP contribution < -0.4 is 0 Å². The monoisotopic (exact) mass is 272 g/mol. The Bertz CT molecular complexity index is 442. The number of aliphatic hydroxyl groups excluding tert-OH is 1. The third-order valence-electron chi connectivity index (χ3n) is 2.18. The summed E-state index contributed by atoms with van der Waals surface area (Å²) in [5.41, 5.74) is 0.297. The summed E-state index contributed by atoms with van der Waals surface area (Å²) in [6.45, 7) is 1.20. The number of phenols is 2. The number of phenolic OH excluding ortho intramolecular Hbond substituents is 2. The molecular weight excluding hydrogens is 256 g/mol. The van der Waals surface area contributed by atoms with Gasteiger partial charge in [-0.1, -0.05) is 6.07 Å². The van der Waals surface area contributed by atoms with E-state index >= 15 is 0 Å². The van der Waals surface area contributed by atoms with Crippen LogP contribution in [0.2, 0.25) is 0 Å². The van der Waals surface area contributed by atoms with Crippen LogP contribution in [0.15, 0.2) is 18.2 Å². The first kappa shape index (κ1) is 16.7. The molecule has 0 spiro atoms. The second-order valence-electron chi connectivity index (χ2n) is 3.67. The molecule has 0 radical (unpaired) electrons. The maximum Gasteiger partial charge on any atom is 0.310 e. The lowest BCUT2D eigenvalue weighted by atomic mass is 10.0. The van der Waals surface area contributed by atoms with Crippen LogP contribution in [0.5, 0.6) is 11.5 Å². The molecular formula is C12H16O7. The molecule has 0 aromatic heterocycles. The van der Waals surface area contributed by atoms with Gasteiger partial charge in [0.2, 0.25) is 0 Å². The van der Waals surface area contributed by atoms with E-state index in [2.05, 4.69) is 0 Å². The van der Waals surface area contributed by atoms with Gasteiger partial charge >= 0.3 is 11.9 Å². The summed E-state index contributed by atoms with van der Waals surface area (Å²) in [4.78, 5) is 20.0. The fourth-order valence-corrected chi connectivity index (χ4v) is 1.13. The molecule has 1 atom stereocenters. The lowest BCUT2D eigenvalue weighted by Crippen LogP contribution is -2.07. The minimum absolute atomic E-state index is 0.0844. The van der Waals surface area contributed by atoms with Gasteiger partial charge in [-0.25, -0.2) is 0 Å². The van der Waals surface area contributed by atoms with Gasteiger partial charge in [0.05, 0.1) is 18.9 Å². The van der Waals surface area contributed by atoms with Crippen LogP contribution in [0.1, 0.15) is 24.8 Å². The van der Waals surface area contributed by atoms with E-state index < -0.39 is 17.9 Å². The van der Waals surface area contributed by atoms with E-state index in [0.29, 0.717) is 5.56 Å². The Kier molecular flexibility index (Phi) is 6.98. The standard InChI is InChI=1S/C9H10O4.C3H6O3/c1-5(9(12)13)7-3-2-6(10)4-8(7)11;4-2-1-3(5)6/h2-5,10-11H,1H3,(H,12,13);4H,1-2H2,(H,5,6). The quantitative estimate of drug-likeness (QED) is 0.545. The summed E-state index contributed by atoms with van der Waals surface area (Å²) in [6.07, 6.45) is -0.153. The highest BCUT2D eigenvalue weighted by Crippen LogP contribution is 2.28. The topological polar surface area (TPSA) is 135 Å². The predicted octanol–water partition coefficient (Wildman–Crippen LogP) is 0.739. The number of carboxylic acid groups (broad SMARTS) is 2. The molecule has 0 heterocycles. The van der Waals surface area contributed by atoms with E-state index in [0.717, 1.165) is 6.07 Å². The first-order valence-corrected chi connectivity index (χ1v) is 5.37. The second-order valence-corrected chi connectivity index (χ2v) is 3.67. The maximum atomic E-state index is 10.6. The maximum absolute atomic E-state index is 10.6. The molecule has 0 aliphatic carbocycles. The number of hydrogen-bond acceptors (Lipinski definition) is 5. The van der Waals surface area contributed by atoms with Gasteiger partial charge in [-0.3, -0.25) is 9.59 Å². The van der Waals surface area contributed by atoms with Gasteiger partial charge in [-0.05, 0) is 13.0 Å². The second kappa shape index (κ2) is 7.93. The minimum Gasteiger partial charge on any atom is -0.508 e. The Morgan fingerprint density at radius 2 is 1.79 bits per heavy atom. The van der Waals surface area contributed by atoms with Crippen LogP contribution in [0.4, 0.5) is 0 Å². The highest BCUT2D eigenvalue weighted by molar-refractivity contribution is 5.76. The van der Waals surface area contributed by atoms with E-state index in [-0.39, 0.29) is 24.5 Å². The van der Waals surface area contributed by atoms with Gasteiger partial charge < -0.3 is 25.5 Å². The highest BCUT2D eigenvalue weighted by Gasteiger charge is 2.17. The molecule has 0 fully saturated rings. The summed E-state index contributed by atoms with van der Waals surface area (Å²) in [6, 6.07) is 3.85. The van der Waals surface area contributed by atoms with Crippen LogP contribution in [-0.4, -0.2) is 44.1 Å². The van der Waals surface area contributed by atoms with Crippen molar-refractivity contribution in [3.8, 4) is 11.5 Å². The number of carboxylic acids is 2. The molecule has 1 unspecified atom stereocenters. The molecule has 1 rings (SSSR count). The predicted molar refractivity (Wildman–Crippen MR) is 65.2 cm³/mol. The summed E-state index contributed by atoms with van der Waals surface area (Å²) in [7, 11) is 0. The molecule has 0 aliphatic heterocycles. The van der Waals surface area contributed by atoms with Crippen molar-refractivity contribution in [3.05, 3.63) is 23.8 Å². The zero-order chi connectivity index (χ0) is 15.0. The number of carbonyl (C=O) groups is 2. The van der Waals surface area contributed by atoms with Crippen molar-refractivity contribution < 1.29 is 35.1 Å². The Labute approximate surface area is 109 Å². The van der Waals surface area contributed by atoms with Crippen LogP contribution in [0.3, 0.4) is 0 Å². The van der Waals surface area contributed by atoms with Gasteiger partial charge in [-0.2, -0.15) is 0 Å². The van der Waals surface area contributed by atoms with Crippen LogP contribution in [-0.2, 0) is 9.59 Å². The number of aromatic hydroxyl groups is 2. The zero-order valence-corrected chi connectivity index (χ0v) is 10.3. The average molecular weight is 272 g/mol. The van der Waals surface area contributed by atoms with Crippen LogP contribution in [0, 0.1) is 0 Å². The van der Waals surface area contributed by atoms with Gasteiger partial charge in [0.1, 0.15) is 11.5 Å². The smallest absolute Gasteiger partial charge is 0.310 e. The van der Waals surface area contributed by atoms with E-state index in [1.165, 1.54) is 19.1 Å². The Hall–Kier alpha value is -2.28. The summed E-state index contributed by atoms with van der Waals surface area (Å²) in [5, 5.41) is 42.5. The van der Waals surface area contributed by atoms with Crippen molar-refractivity contribution in [2.45, 2.75) is 19.3 Å². The molecule has 0 aliphatic rings. The van der Waals surface area contributed by atoms with Crippen molar-refractivity contribution in [1.82, 2.24) is 0 Å². The molecule has 19 heavy (non-hydrogen) atoms. The summed E-state index contributed by atoms with van der Waals surface area (Å²) >= 11 is 0. The normalized spacial score (nSPS) is 11.1. The fraction of sp³-hybridized carbons (Fsp3) is 0.333. The first-order valence-electron chi connectivity index (χ1n) is 5.37. The summed E-state index contributed by atoms with van der Waals surface area (Å²) < 4.78 is 0. The Morgan fingerprint density at radius 1 is 1.21 bits per heavy atom. The van der Waals surface area contributed by atoms with Crippen molar-refractivity contribution >= 4 is 11.9 Å². The van der Waals surface area contributed by atoms with Gasteiger partial charge in [0.25, 0.3) is 0 Å². The van der Waals surface area contributed by atoms with Crippen molar-refractivity contribution in [1.29, 1.82) is 0 Å². The van der Waals surface area contributed by atoms with Gasteiger partial charge in [0.15, 0.2) is 0 Å². The molecule has 7 heteroatoms. The van der Waals surface area contributed by atoms with Gasteiger partial charge in [0, 0.05) is 11.6 Å². The zero-order valence-electron chi connectivity index (χ0n) is 10.3. The van der Waals surface area contributed by atoms with Crippen LogP contribution in [0.25, 0.3) is 0 Å². The van der Waals surface area contributed by atoms with Crippen molar-refractivity contribution in [2.75, 3.05) is 6.61 Å². The molecule has 0 amide bonds. The minimum atomic E-state index is -1.01. The Balaban J connectivity index is 0.000000459. The largest absolute Gasteiger partial charge is 0.508 e. The number of aliphatic hydroxyl groups is 1. The Morgan fingerprint density at radius 3 is 2.11 bits per heavy atom. The van der Waals surface area contributed by atoms with E-state index in [1.807, 2.05) is 0 Å². The number of rotatable bonds is 4.